The number of allylic oxidation sites excluding steroid dienone is 1. The van der Waals surface area contributed by atoms with Crippen LogP contribution < -0.4 is 5.32 Å². The highest BCUT2D eigenvalue weighted by Gasteiger charge is 2.63. The largest absolute Gasteiger partial charge is 0.394 e. The molecule has 0 spiro atoms. The summed E-state index contributed by atoms with van der Waals surface area (Å²) in [6, 6.07) is 0.440. The van der Waals surface area contributed by atoms with Crippen LogP contribution in [0.3, 0.4) is 0 Å². The van der Waals surface area contributed by atoms with Crippen molar-refractivity contribution < 1.29 is 74.4 Å². The smallest absolute Gasteiger partial charge is 0.187 e. The van der Waals surface area contributed by atoms with Crippen LogP contribution >= 0.6 is 0 Å². The molecular weight excluding hydrogens is 794 g/mol. The molecule has 4 aliphatic carbocycles. The molecule has 0 aromatic carbocycles. The molecule has 61 heavy (non-hydrogen) atoms. The first-order valence-electron chi connectivity index (χ1n) is 23.3. The lowest BCUT2D eigenvalue weighted by Crippen LogP contribution is -2.66. The number of rotatable bonds is 9. The summed E-state index contributed by atoms with van der Waals surface area (Å²) < 4.78 is 36.6. The Bertz CT molecular complexity index is 1530. The van der Waals surface area contributed by atoms with Gasteiger partial charge < -0.3 is 79.7 Å². The standard InChI is InChI=1S/C45H75NO15/c1-19-7-10-28(46-17-19)20(2)31-29(48)16-27-25-9-8-23-15-24(11-13-44(23,5)26(25)12-14-45(27,31)6)58-43-40(61-42-37(54)35(52)33(50)22(4)57-42)38(55)39(30(18-47)59-43)60-41-36(53)34(51)32(49)21(3)56-41/h8,19-22,24-43,46-55H,7,9-18H2,1-6H3/t19-,20-,21+,22+,24+,25-,26+,27+,28+,29+,30-,31+,32+,33+,34-,35-,36-,37-,38+,39-,40-,41+,42+,43-,44+,45+/m1/s1. The lowest BCUT2D eigenvalue weighted by atomic mass is 9.47. The summed E-state index contributed by atoms with van der Waals surface area (Å²) >= 11 is 0. The third-order valence-electron chi connectivity index (χ3n) is 17.4. The Morgan fingerprint density at radius 2 is 1.36 bits per heavy atom. The first kappa shape index (κ1) is 46.6. The van der Waals surface area contributed by atoms with E-state index in [1.807, 2.05) is 0 Å². The van der Waals surface area contributed by atoms with Gasteiger partial charge in [-0.05, 0) is 125 Å². The molecule has 350 valence electrons. The van der Waals surface area contributed by atoms with E-state index in [-0.39, 0.29) is 29.0 Å². The molecule has 0 aromatic heterocycles. The number of aliphatic hydroxyl groups is 9. The Labute approximate surface area is 359 Å². The topological polar surface area (TPSA) is 249 Å². The average Bonchev–Trinajstić information content (AvgIpc) is 3.51. The molecule has 16 nitrogen and oxygen atoms in total. The number of piperidine rings is 1. The Kier molecular flexibility index (Phi) is 13.8. The van der Waals surface area contributed by atoms with Crippen LogP contribution in [0, 0.1) is 46.3 Å². The van der Waals surface area contributed by atoms with Gasteiger partial charge in [0.2, 0.25) is 0 Å². The first-order chi connectivity index (χ1) is 28.9. The van der Waals surface area contributed by atoms with Gasteiger partial charge in [0.05, 0.1) is 31.0 Å². The highest BCUT2D eigenvalue weighted by molar-refractivity contribution is 5.26. The molecule has 4 aliphatic heterocycles. The second-order valence-corrected chi connectivity index (χ2v) is 21.0. The monoisotopic (exact) mass is 870 g/mol. The minimum Gasteiger partial charge on any atom is -0.394 e. The normalized spacial score (nSPS) is 55.8. The number of hydrogen-bond acceptors (Lipinski definition) is 16. The van der Waals surface area contributed by atoms with Crippen molar-refractivity contribution in [3.05, 3.63) is 11.6 Å². The molecule has 0 bridgehead atoms. The van der Waals surface area contributed by atoms with Gasteiger partial charge in [0.1, 0.15) is 61.0 Å². The molecule has 8 aliphatic rings. The average molecular weight is 870 g/mol. The van der Waals surface area contributed by atoms with Gasteiger partial charge in [-0.15, -0.1) is 0 Å². The Morgan fingerprint density at radius 3 is 1.97 bits per heavy atom. The van der Waals surface area contributed by atoms with E-state index in [1.165, 1.54) is 25.8 Å². The number of fused-ring (bicyclic) bond motifs is 5. The fraction of sp³-hybridized carbons (Fsp3) is 0.956. The molecule has 3 saturated carbocycles. The Balaban J connectivity index is 0.990. The van der Waals surface area contributed by atoms with Gasteiger partial charge >= 0.3 is 0 Å². The fourth-order valence-corrected chi connectivity index (χ4v) is 13.7. The van der Waals surface area contributed by atoms with E-state index in [0.717, 1.165) is 45.1 Å². The van der Waals surface area contributed by atoms with Gasteiger partial charge in [-0.2, -0.15) is 0 Å². The minimum atomic E-state index is -1.71. The van der Waals surface area contributed by atoms with Crippen molar-refractivity contribution in [2.75, 3.05) is 13.2 Å². The van der Waals surface area contributed by atoms with Gasteiger partial charge in [-0.25, -0.2) is 0 Å². The second kappa shape index (κ2) is 18.1. The maximum absolute atomic E-state index is 12.0. The van der Waals surface area contributed by atoms with E-state index >= 15 is 0 Å². The third-order valence-corrected chi connectivity index (χ3v) is 17.4. The summed E-state index contributed by atoms with van der Waals surface area (Å²) in [5.41, 5.74) is 1.34. The molecule has 26 atom stereocenters. The van der Waals surface area contributed by atoms with Crippen molar-refractivity contribution in [2.45, 2.75) is 210 Å². The molecule has 0 radical (unpaired) electrons. The van der Waals surface area contributed by atoms with Crippen molar-refractivity contribution in [3.8, 4) is 0 Å². The second-order valence-electron chi connectivity index (χ2n) is 21.0. The van der Waals surface area contributed by atoms with E-state index in [1.54, 1.807) is 0 Å². The van der Waals surface area contributed by atoms with Crippen LogP contribution in [0.25, 0.3) is 0 Å². The summed E-state index contributed by atoms with van der Waals surface area (Å²) in [5, 5.41) is 101. The molecule has 16 heteroatoms. The predicted octanol–water partition coefficient (Wildman–Crippen LogP) is 0.449. The molecule has 0 unspecified atom stereocenters. The minimum absolute atomic E-state index is 0.0570. The van der Waals surface area contributed by atoms with Crippen LogP contribution in [0.2, 0.25) is 0 Å². The van der Waals surface area contributed by atoms with E-state index < -0.39 is 98.7 Å². The SMILES string of the molecule is C[C@@H]1CC[C@@H]([C@@H](C)[C@H]2[C@@H](O)C[C@H]3[C@@H]4CC=C5C[C@@H](O[C@@H]6O[C@H](CO)[C@@H](O[C@@H]7O[C@@H](C)[C@H](O)[C@@H](O)[C@H]7O)[C@H](O)[C@H]6O[C@@H]6O[C@@H](C)[C@H](O)[C@@H](O)[C@H]6O)CC[C@]5(C)[C@H]4CC[C@]23C)NC1. The molecule has 0 aromatic rings. The van der Waals surface area contributed by atoms with Gasteiger partial charge in [0.15, 0.2) is 18.9 Å². The summed E-state index contributed by atoms with van der Waals surface area (Å²) in [4.78, 5) is 0. The van der Waals surface area contributed by atoms with E-state index in [2.05, 4.69) is 39.1 Å². The van der Waals surface area contributed by atoms with Crippen molar-refractivity contribution in [1.82, 2.24) is 5.32 Å². The molecule has 4 heterocycles. The highest BCUT2D eigenvalue weighted by atomic mass is 16.8. The molecule has 7 fully saturated rings. The predicted molar refractivity (Wildman–Crippen MR) is 217 cm³/mol. The Hall–Kier alpha value is -0.900. The van der Waals surface area contributed by atoms with Crippen molar-refractivity contribution >= 4 is 0 Å². The van der Waals surface area contributed by atoms with Gasteiger partial charge in [-0.1, -0.05) is 39.3 Å². The van der Waals surface area contributed by atoms with Gasteiger partial charge in [0.25, 0.3) is 0 Å². The lowest BCUT2D eigenvalue weighted by molar-refractivity contribution is -0.388. The summed E-state index contributed by atoms with van der Waals surface area (Å²) in [7, 11) is 0. The Morgan fingerprint density at radius 1 is 0.721 bits per heavy atom. The van der Waals surface area contributed by atoms with Gasteiger partial charge in [0, 0.05) is 6.04 Å². The molecule has 10 N–H and O–H groups in total. The summed E-state index contributed by atoms with van der Waals surface area (Å²) in [6.45, 7) is 12.9. The molecule has 8 rings (SSSR count). The van der Waals surface area contributed by atoms with Crippen molar-refractivity contribution in [2.24, 2.45) is 46.3 Å². The van der Waals surface area contributed by atoms with Crippen LogP contribution in [0.15, 0.2) is 11.6 Å². The third kappa shape index (κ3) is 8.33. The molecular formula is C45H75NO15. The fourth-order valence-electron chi connectivity index (χ4n) is 13.7. The summed E-state index contributed by atoms with van der Waals surface area (Å²) in [5.74, 6) is 2.74. The summed E-state index contributed by atoms with van der Waals surface area (Å²) in [6.07, 6.45) is -11.3. The van der Waals surface area contributed by atoms with Crippen LogP contribution in [-0.4, -0.2) is 169 Å². The quantitative estimate of drug-likeness (QED) is 0.141. The zero-order valence-corrected chi connectivity index (χ0v) is 36.7. The molecule has 0 amide bonds. The van der Waals surface area contributed by atoms with Crippen LogP contribution in [0.4, 0.5) is 0 Å². The lowest BCUT2D eigenvalue weighted by Gasteiger charge is -2.59. The van der Waals surface area contributed by atoms with Crippen molar-refractivity contribution in [3.63, 3.8) is 0 Å². The maximum Gasteiger partial charge on any atom is 0.187 e. The number of aliphatic hydroxyl groups excluding tert-OH is 9. The number of hydrogen-bond donors (Lipinski definition) is 10. The van der Waals surface area contributed by atoms with Crippen LogP contribution in [0.1, 0.15) is 99.3 Å². The first-order valence-corrected chi connectivity index (χ1v) is 23.3. The van der Waals surface area contributed by atoms with Crippen LogP contribution in [0.5, 0.6) is 0 Å². The molecule has 4 saturated heterocycles. The zero-order valence-electron chi connectivity index (χ0n) is 36.7. The van der Waals surface area contributed by atoms with Gasteiger partial charge in [-0.3, -0.25) is 0 Å². The van der Waals surface area contributed by atoms with E-state index in [4.69, 9.17) is 28.4 Å². The maximum atomic E-state index is 12.0. The number of nitrogens with one attached hydrogen (secondary N) is 1. The number of ether oxygens (including phenoxy) is 6. The van der Waals surface area contributed by atoms with Crippen LogP contribution in [-0.2, 0) is 28.4 Å². The zero-order chi connectivity index (χ0) is 43.9. The van der Waals surface area contributed by atoms with Crippen molar-refractivity contribution in [1.29, 1.82) is 0 Å². The highest BCUT2D eigenvalue weighted by Crippen LogP contribution is 2.67. The van der Waals surface area contributed by atoms with E-state index in [9.17, 15) is 46.0 Å². The van der Waals surface area contributed by atoms with E-state index in [0.29, 0.717) is 48.5 Å².